The van der Waals surface area contributed by atoms with Gasteiger partial charge in [-0.15, -0.1) is 0 Å². The van der Waals surface area contributed by atoms with Crippen molar-refractivity contribution in [1.29, 1.82) is 0 Å². The summed E-state index contributed by atoms with van der Waals surface area (Å²) in [5.74, 6) is 0.171. The number of rotatable bonds is 24. The van der Waals surface area contributed by atoms with Crippen LogP contribution in [0.2, 0.25) is 5.02 Å². The fraction of sp³-hybridized carbons (Fsp3) is 0.743. The normalized spacial score (nSPS) is 19.4. The highest BCUT2D eigenvalue weighted by molar-refractivity contribution is 6.33. The molecular weight excluding hydrogens is 686 g/mol. The summed E-state index contributed by atoms with van der Waals surface area (Å²) in [5.41, 5.74) is 6.51. The Bertz CT molecular complexity index is 1210. The van der Waals surface area contributed by atoms with Crippen LogP contribution in [0, 0.1) is 5.92 Å². The van der Waals surface area contributed by atoms with E-state index >= 15 is 0 Å². The lowest BCUT2D eigenvalue weighted by molar-refractivity contribution is -0.126. The third kappa shape index (κ3) is 15.8. The lowest BCUT2D eigenvalue weighted by atomic mass is 9.98. The molecule has 0 spiro atoms. The number of benzene rings is 1. The number of nitrogen functional groups attached to an aromatic ring is 1. The quantitative estimate of drug-likeness (QED) is 0.0522. The first-order valence-corrected chi connectivity index (χ1v) is 18.2. The number of anilines is 1. The molecule has 1 aliphatic rings. The topological polar surface area (TPSA) is 236 Å². The number of hydrogen-bond acceptors (Lipinski definition) is 12. The van der Waals surface area contributed by atoms with E-state index in [4.69, 9.17) is 31.9 Å². The number of ether oxygens (including phenoxy) is 2. The number of methoxy groups -OCH3 is 2. The first-order valence-electron chi connectivity index (χ1n) is 17.9. The zero-order valence-corrected chi connectivity index (χ0v) is 30.9. The molecule has 0 bridgehead atoms. The van der Waals surface area contributed by atoms with Gasteiger partial charge < -0.3 is 61.6 Å². The smallest absolute Gasteiger partial charge is 0.255 e. The molecule has 3 amide bonds. The molecule has 1 saturated heterocycles. The van der Waals surface area contributed by atoms with Crippen molar-refractivity contribution in [2.24, 2.45) is 5.92 Å². The Hall–Kier alpha value is -2.76. The van der Waals surface area contributed by atoms with Crippen molar-refractivity contribution in [3.8, 4) is 5.75 Å². The van der Waals surface area contributed by atoms with Gasteiger partial charge in [0.1, 0.15) is 24.1 Å². The summed E-state index contributed by atoms with van der Waals surface area (Å²) in [6, 6.07) is 2.88. The SMILES string of the molecule is COc1cc(N)c(Cl)cc1C(=O)N[C@@H]1CCN(CCC(C)CCC(=O)NCCCCCCCC(=O)NC[C@H](O)[C@@H](O)[C@H](O)[C@H](O)CO)C[C@@H]1OC. The average Bonchev–Trinajstić information content (AvgIpc) is 3.13. The Morgan fingerprint density at radius 3 is 2.31 bits per heavy atom. The van der Waals surface area contributed by atoms with Gasteiger partial charge in [0.2, 0.25) is 11.8 Å². The van der Waals surface area contributed by atoms with Crippen molar-refractivity contribution in [3.63, 3.8) is 0 Å². The molecule has 1 aromatic rings. The second kappa shape index (κ2) is 23.7. The summed E-state index contributed by atoms with van der Waals surface area (Å²) >= 11 is 6.15. The molecule has 0 saturated carbocycles. The van der Waals surface area contributed by atoms with Crippen LogP contribution >= 0.6 is 11.6 Å². The molecule has 10 N–H and O–H groups in total. The number of amides is 3. The molecule has 1 aliphatic heterocycles. The monoisotopic (exact) mass is 745 g/mol. The fourth-order valence-corrected chi connectivity index (χ4v) is 6.09. The van der Waals surface area contributed by atoms with Crippen molar-refractivity contribution in [2.45, 2.75) is 108 Å². The number of hydrogen-bond donors (Lipinski definition) is 9. The maximum absolute atomic E-state index is 13.0. The van der Waals surface area contributed by atoms with E-state index in [2.05, 4.69) is 27.8 Å². The summed E-state index contributed by atoms with van der Waals surface area (Å²) in [5, 5.41) is 56.3. The van der Waals surface area contributed by atoms with Crippen LogP contribution in [-0.2, 0) is 14.3 Å². The Morgan fingerprint density at radius 1 is 0.961 bits per heavy atom. The molecule has 16 heteroatoms. The van der Waals surface area contributed by atoms with Crippen LogP contribution in [0.25, 0.3) is 0 Å². The van der Waals surface area contributed by atoms with Crippen LogP contribution in [-0.4, -0.2) is 138 Å². The van der Waals surface area contributed by atoms with Gasteiger partial charge >= 0.3 is 0 Å². The molecule has 292 valence electrons. The molecule has 15 nitrogen and oxygen atoms in total. The Kier molecular flexibility index (Phi) is 20.7. The average molecular weight is 746 g/mol. The van der Waals surface area contributed by atoms with Crippen molar-refractivity contribution < 1.29 is 49.4 Å². The van der Waals surface area contributed by atoms with E-state index in [0.717, 1.165) is 58.0 Å². The molecule has 0 aromatic heterocycles. The minimum Gasteiger partial charge on any atom is -0.496 e. The molecule has 2 rings (SSSR count). The van der Waals surface area contributed by atoms with Crippen molar-refractivity contribution >= 4 is 35.0 Å². The lowest BCUT2D eigenvalue weighted by Gasteiger charge is -2.38. The number of unbranched alkanes of at least 4 members (excludes halogenated alkanes) is 4. The number of carbonyl (C=O) groups excluding carboxylic acids is 3. The summed E-state index contributed by atoms with van der Waals surface area (Å²) in [6.07, 6.45) is 0.638. The molecular formula is C35H60ClN5O10. The van der Waals surface area contributed by atoms with E-state index in [9.17, 15) is 34.8 Å². The van der Waals surface area contributed by atoms with Gasteiger partial charge in [0, 0.05) is 52.2 Å². The molecule has 1 heterocycles. The van der Waals surface area contributed by atoms with Gasteiger partial charge in [-0.3, -0.25) is 14.4 Å². The van der Waals surface area contributed by atoms with Crippen LogP contribution in [0.1, 0.15) is 81.5 Å². The number of aliphatic hydroxyl groups is 5. The Labute approximate surface area is 306 Å². The molecule has 1 fully saturated rings. The van der Waals surface area contributed by atoms with E-state index in [1.807, 2.05) is 0 Å². The second-order valence-electron chi connectivity index (χ2n) is 13.4. The highest BCUT2D eigenvalue weighted by Crippen LogP contribution is 2.29. The van der Waals surface area contributed by atoms with E-state index in [1.54, 1.807) is 7.11 Å². The maximum atomic E-state index is 13.0. The zero-order valence-electron chi connectivity index (χ0n) is 30.2. The third-order valence-electron chi connectivity index (χ3n) is 9.36. The van der Waals surface area contributed by atoms with Crippen LogP contribution in [0.3, 0.4) is 0 Å². The summed E-state index contributed by atoms with van der Waals surface area (Å²) in [6.45, 7) is 4.07. The van der Waals surface area contributed by atoms with Crippen molar-refractivity contribution in [1.82, 2.24) is 20.9 Å². The van der Waals surface area contributed by atoms with Crippen LogP contribution in [0.4, 0.5) is 5.69 Å². The minimum atomic E-state index is -1.73. The summed E-state index contributed by atoms with van der Waals surface area (Å²) in [7, 11) is 3.12. The number of carbonyl (C=O) groups is 3. The van der Waals surface area contributed by atoms with Crippen LogP contribution < -0.4 is 26.4 Å². The third-order valence-corrected chi connectivity index (χ3v) is 9.69. The molecule has 1 unspecified atom stereocenters. The highest BCUT2D eigenvalue weighted by Gasteiger charge is 2.32. The van der Waals surface area contributed by atoms with Gasteiger partial charge in [0.15, 0.2) is 0 Å². The van der Waals surface area contributed by atoms with E-state index < -0.39 is 31.0 Å². The van der Waals surface area contributed by atoms with Crippen LogP contribution in [0.5, 0.6) is 5.75 Å². The van der Waals surface area contributed by atoms with E-state index in [1.165, 1.54) is 19.2 Å². The van der Waals surface area contributed by atoms with Gasteiger partial charge in [-0.05, 0) is 50.6 Å². The minimum absolute atomic E-state index is 0.0410. The number of nitrogens with two attached hydrogens (primary N) is 1. The Morgan fingerprint density at radius 2 is 1.63 bits per heavy atom. The molecule has 7 atom stereocenters. The number of nitrogens with zero attached hydrogens (tertiary/aromatic N) is 1. The summed E-state index contributed by atoms with van der Waals surface area (Å²) < 4.78 is 11.1. The van der Waals surface area contributed by atoms with Gasteiger partial charge in [-0.25, -0.2) is 0 Å². The van der Waals surface area contributed by atoms with Crippen molar-refractivity contribution in [2.75, 3.05) is 59.3 Å². The lowest BCUT2D eigenvalue weighted by Crippen LogP contribution is -2.55. The molecule has 51 heavy (non-hydrogen) atoms. The largest absolute Gasteiger partial charge is 0.496 e. The fourth-order valence-electron chi connectivity index (χ4n) is 5.92. The predicted molar refractivity (Wildman–Crippen MR) is 193 cm³/mol. The van der Waals surface area contributed by atoms with Crippen molar-refractivity contribution in [3.05, 3.63) is 22.7 Å². The van der Waals surface area contributed by atoms with Gasteiger partial charge in [-0.1, -0.05) is 37.8 Å². The highest BCUT2D eigenvalue weighted by atomic mass is 35.5. The number of likely N-dealkylation sites (tertiary alicyclic amines) is 1. The zero-order chi connectivity index (χ0) is 37.9. The standard InChI is InChI=1S/C35H60ClN5O10/c1-22(12-15-41-16-13-26(30(20-41)51-3)40-35(49)23-17-24(36)25(37)18-29(23)50-2)10-11-32(46)38-14-8-6-4-5-7-9-31(45)39-19-27(43)33(47)34(48)28(44)21-42/h17-18,22,26-28,30,33-34,42-44,47-48H,4-16,19-21,37H2,1-3H3,(H,38,46)(H,39,45)(H,40,49)/t22?,26-,27+,28-,30+,33-,34-/m1/s1. The van der Waals surface area contributed by atoms with Crippen LogP contribution in [0.15, 0.2) is 12.1 Å². The van der Waals surface area contributed by atoms with E-state index in [-0.39, 0.29) is 47.9 Å². The molecule has 0 aliphatic carbocycles. The first kappa shape index (κ1) is 44.4. The van der Waals surface area contributed by atoms with Gasteiger partial charge in [0.25, 0.3) is 5.91 Å². The number of nitrogens with one attached hydrogen (secondary N) is 3. The first-order chi connectivity index (χ1) is 24.3. The van der Waals surface area contributed by atoms with E-state index in [0.29, 0.717) is 48.8 Å². The number of aliphatic hydroxyl groups excluding tert-OH is 5. The number of piperidine rings is 1. The Balaban J connectivity index is 1.53. The van der Waals surface area contributed by atoms with Gasteiger partial charge in [0.05, 0.1) is 48.2 Å². The summed E-state index contributed by atoms with van der Waals surface area (Å²) in [4.78, 5) is 39.7. The number of halogens is 1. The molecule has 0 radical (unpaired) electrons. The molecule has 1 aromatic carbocycles. The predicted octanol–water partition coefficient (Wildman–Crippen LogP) is 0.565. The second-order valence-corrected chi connectivity index (χ2v) is 13.8. The van der Waals surface area contributed by atoms with Gasteiger partial charge in [-0.2, -0.15) is 0 Å². The maximum Gasteiger partial charge on any atom is 0.255 e.